The Kier molecular flexibility index (Phi) is 5.03. The molecule has 0 fully saturated rings. The van der Waals surface area contributed by atoms with Gasteiger partial charge < -0.3 is 20.8 Å². The first-order chi connectivity index (χ1) is 13.5. The highest BCUT2D eigenvalue weighted by Crippen LogP contribution is 2.39. The van der Waals surface area contributed by atoms with Crippen molar-refractivity contribution in [2.75, 3.05) is 11.1 Å². The van der Waals surface area contributed by atoms with Crippen LogP contribution in [0.1, 0.15) is 17.4 Å². The lowest BCUT2D eigenvalue weighted by atomic mass is 10.1. The van der Waals surface area contributed by atoms with Crippen LogP contribution in [0.4, 0.5) is 42.6 Å². The third-order valence-corrected chi connectivity index (χ3v) is 3.99. The van der Waals surface area contributed by atoms with Crippen LogP contribution in [-0.4, -0.2) is 17.2 Å². The van der Waals surface area contributed by atoms with Crippen LogP contribution < -0.4 is 16.4 Å². The van der Waals surface area contributed by atoms with E-state index in [9.17, 15) is 31.1 Å². The van der Waals surface area contributed by atoms with Crippen LogP contribution in [-0.2, 0) is 0 Å². The first-order valence-corrected chi connectivity index (χ1v) is 7.90. The van der Waals surface area contributed by atoms with Gasteiger partial charge in [-0.3, -0.25) is 0 Å². The molecule has 0 saturated carbocycles. The fourth-order valence-corrected chi connectivity index (χ4v) is 2.65. The Labute approximate surface area is 158 Å². The molecule has 1 aromatic carbocycles. The number of furan rings is 1. The third kappa shape index (κ3) is 4.05. The van der Waals surface area contributed by atoms with Gasteiger partial charge in [0.2, 0.25) is 0 Å². The number of rotatable bonds is 3. The highest BCUT2D eigenvalue weighted by molar-refractivity contribution is 5.90. The highest BCUT2D eigenvalue weighted by Gasteiger charge is 2.45. The standard InChI is InChI=1S/C17H12F6N4O2/c1-6-9-2-7(18)3-10(19)13(9)29-12(6)14(17(21,22)23)27-16(28)26-8-4-11(20)15(24)25-5-8/h2-5,14H,1H3,(H2,24,25)(H2,26,27,28). The number of anilines is 2. The lowest BCUT2D eigenvalue weighted by molar-refractivity contribution is -0.158. The van der Waals surface area contributed by atoms with E-state index in [0.29, 0.717) is 6.07 Å². The van der Waals surface area contributed by atoms with E-state index >= 15 is 0 Å². The predicted molar refractivity (Wildman–Crippen MR) is 90.4 cm³/mol. The molecule has 29 heavy (non-hydrogen) atoms. The summed E-state index contributed by atoms with van der Waals surface area (Å²) in [6, 6.07) is -2.03. The molecule has 0 aliphatic heterocycles. The van der Waals surface area contributed by atoms with E-state index in [-0.39, 0.29) is 16.6 Å². The zero-order chi connectivity index (χ0) is 21.5. The molecule has 0 aliphatic rings. The van der Waals surface area contributed by atoms with E-state index in [0.717, 1.165) is 25.3 Å². The molecule has 0 bridgehead atoms. The zero-order valence-corrected chi connectivity index (χ0v) is 14.5. The monoisotopic (exact) mass is 418 g/mol. The van der Waals surface area contributed by atoms with E-state index in [2.05, 4.69) is 4.98 Å². The molecule has 4 N–H and O–H groups in total. The summed E-state index contributed by atoms with van der Waals surface area (Å²) in [6.45, 7) is 1.16. The third-order valence-electron chi connectivity index (χ3n) is 3.99. The normalized spacial score (nSPS) is 12.8. The van der Waals surface area contributed by atoms with Crippen molar-refractivity contribution >= 4 is 28.5 Å². The Morgan fingerprint density at radius 2 is 1.86 bits per heavy atom. The summed E-state index contributed by atoms with van der Waals surface area (Å²) in [5.74, 6) is -4.47. The number of hydrogen-bond donors (Lipinski definition) is 3. The van der Waals surface area contributed by atoms with Gasteiger partial charge in [0, 0.05) is 23.1 Å². The fraction of sp³-hybridized carbons (Fsp3) is 0.176. The molecule has 2 aromatic heterocycles. The number of aryl methyl sites for hydroxylation is 1. The number of carbonyl (C=O) groups excluding carboxylic acids is 1. The van der Waals surface area contributed by atoms with E-state index < -0.39 is 52.9 Å². The van der Waals surface area contributed by atoms with Gasteiger partial charge >= 0.3 is 12.2 Å². The summed E-state index contributed by atoms with van der Waals surface area (Å²) in [5, 5.41) is 3.39. The van der Waals surface area contributed by atoms with Crippen molar-refractivity contribution < 1.29 is 35.6 Å². The molecule has 1 atom stereocenters. The average Bonchev–Trinajstić information content (AvgIpc) is 2.92. The van der Waals surface area contributed by atoms with Crippen molar-refractivity contribution in [2.24, 2.45) is 0 Å². The summed E-state index contributed by atoms with van der Waals surface area (Å²) in [6.07, 6.45) is -4.11. The quantitative estimate of drug-likeness (QED) is 0.544. The lowest BCUT2D eigenvalue weighted by Crippen LogP contribution is -2.40. The number of carbonyl (C=O) groups is 1. The number of aromatic nitrogens is 1. The molecule has 0 aliphatic carbocycles. The topological polar surface area (TPSA) is 93.2 Å². The van der Waals surface area contributed by atoms with Gasteiger partial charge in [-0.05, 0) is 13.0 Å². The number of nitrogens with one attached hydrogen (secondary N) is 2. The van der Waals surface area contributed by atoms with E-state index in [4.69, 9.17) is 10.2 Å². The smallest absolute Gasteiger partial charge is 0.416 e. The minimum atomic E-state index is -5.05. The zero-order valence-electron chi connectivity index (χ0n) is 14.5. The van der Waals surface area contributed by atoms with Crippen LogP contribution in [0.2, 0.25) is 0 Å². The van der Waals surface area contributed by atoms with Gasteiger partial charge in [0.05, 0.1) is 11.9 Å². The van der Waals surface area contributed by atoms with Crippen LogP contribution in [0.25, 0.3) is 11.0 Å². The van der Waals surface area contributed by atoms with E-state index in [1.54, 1.807) is 5.32 Å². The van der Waals surface area contributed by atoms with Crippen molar-refractivity contribution in [1.82, 2.24) is 10.3 Å². The van der Waals surface area contributed by atoms with Crippen molar-refractivity contribution in [3.63, 3.8) is 0 Å². The van der Waals surface area contributed by atoms with Gasteiger partial charge in [-0.2, -0.15) is 13.2 Å². The van der Waals surface area contributed by atoms with Gasteiger partial charge in [-0.15, -0.1) is 0 Å². The number of amides is 2. The number of nitrogens with two attached hydrogens (primary N) is 1. The minimum Gasteiger partial charge on any atom is -0.455 e. The predicted octanol–water partition coefficient (Wildman–Crippen LogP) is 4.56. The van der Waals surface area contributed by atoms with Crippen molar-refractivity contribution in [3.05, 3.63) is 53.2 Å². The Bertz CT molecular complexity index is 1100. The number of urea groups is 1. The van der Waals surface area contributed by atoms with Crippen molar-refractivity contribution in [3.8, 4) is 0 Å². The first kappa shape index (κ1) is 20.3. The van der Waals surface area contributed by atoms with Gasteiger partial charge in [-0.1, -0.05) is 0 Å². The molecule has 12 heteroatoms. The number of nitrogens with zero attached hydrogens (tertiary/aromatic N) is 1. The Morgan fingerprint density at radius 1 is 1.17 bits per heavy atom. The SMILES string of the molecule is Cc1c(C(NC(=O)Nc2cnc(N)c(F)c2)C(F)(F)F)oc2c(F)cc(F)cc12. The van der Waals surface area contributed by atoms with E-state index in [1.165, 1.54) is 0 Å². The lowest BCUT2D eigenvalue weighted by Gasteiger charge is -2.20. The number of hydrogen-bond acceptors (Lipinski definition) is 4. The van der Waals surface area contributed by atoms with E-state index in [1.807, 2.05) is 5.32 Å². The molecule has 2 heterocycles. The second kappa shape index (κ2) is 7.18. The number of benzene rings is 1. The van der Waals surface area contributed by atoms with Crippen molar-refractivity contribution in [2.45, 2.75) is 19.1 Å². The maximum Gasteiger partial charge on any atom is 0.416 e. The van der Waals surface area contributed by atoms with Gasteiger partial charge in [0.1, 0.15) is 11.6 Å². The highest BCUT2D eigenvalue weighted by atomic mass is 19.4. The summed E-state index contributed by atoms with van der Waals surface area (Å²) < 4.78 is 86.2. The van der Waals surface area contributed by atoms with Crippen LogP contribution in [0.5, 0.6) is 0 Å². The Morgan fingerprint density at radius 3 is 2.48 bits per heavy atom. The molecule has 0 spiro atoms. The molecule has 2 amide bonds. The average molecular weight is 418 g/mol. The number of alkyl halides is 3. The van der Waals surface area contributed by atoms with Crippen LogP contribution in [0.15, 0.2) is 28.8 Å². The molecule has 3 rings (SSSR count). The Balaban J connectivity index is 1.94. The van der Waals surface area contributed by atoms with Crippen LogP contribution in [0, 0.1) is 24.4 Å². The molecule has 1 unspecified atom stereocenters. The molecule has 0 radical (unpaired) electrons. The second-order valence-electron chi connectivity index (χ2n) is 6.02. The summed E-state index contributed by atoms with van der Waals surface area (Å²) in [4.78, 5) is 15.4. The summed E-state index contributed by atoms with van der Waals surface area (Å²) in [7, 11) is 0. The largest absolute Gasteiger partial charge is 0.455 e. The number of nitrogen functional groups attached to an aromatic ring is 1. The second-order valence-corrected chi connectivity index (χ2v) is 6.02. The van der Waals surface area contributed by atoms with Crippen LogP contribution >= 0.6 is 0 Å². The van der Waals surface area contributed by atoms with Crippen molar-refractivity contribution in [1.29, 1.82) is 0 Å². The van der Waals surface area contributed by atoms with Crippen LogP contribution in [0.3, 0.4) is 0 Å². The molecular formula is C17H12F6N4O2. The first-order valence-electron chi connectivity index (χ1n) is 7.90. The number of pyridine rings is 1. The van der Waals surface area contributed by atoms with Gasteiger partial charge in [0.25, 0.3) is 0 Å². The maximum atomic E-state index is 13.9. The summed E-state index contributed by atoms with van der Waals surface area (Å²) in [5.41, 5.74) is 4.13. The molecular weight excluding hydrogens is 406 g/mol. The molecule has 6 nitrogen and oxygen atoms in total. The Hall–Kier alpha value is -3.44. The molecule has 3 aromatic rings. The minimum absolute atomic E-state index is 0.207. The number of fused-ring (bicyclic) bond motifs is 1. The molecule has 0 saturated heterocycles. The number of halogens is 6. The fourth-order valence-electron chi connectivity index (χ4n) is 2.65. The molecule has 154 valence electrons. The van der Waals surface area contributed by atoms with Gasteiger partial charge in [-0.25, -0.2) is 22.9 Å². The maximum absolute atomic E-state index is 13.9. The summed E-state index contributed by atoms with van der Waals surface area (Å²) >= 11 is 0. The van der Waals surface area contributed by atoms with Gasteiger partial charge in [0.15, 0.2) is 29.1 Å².